The van der Waals surface area contributed by atoms with Crippen LogP contribution in [0.5, 0.6) is 11.5 Å². The molecule has 1 heterocycles. The van der Waals surface area contributed by atoms with E-state index in [0.29, 0.717) is 17.1 Å². The molecule has 2 aromatic carbocycles. The number of rotatable bonds is 2. The summed E-state index contributed by atoms with van der Waals surface area (Å²) >= 11 is 0. The fraction of sp³-hybridized carbons (Fsp3) is 0.118. The number of carbonyl (C=O) groups excluding carboxylic acids is 2. The van der Waals surface area contributed by atoms with Crippen LogP contribution in [0.15, 0.2) is 48.5 Å². The highest BCUT2D eigenvalue weighted by molar-refractivity contribution is 5.96. The lowest BCUT2D eigenvalue weighted by molar-refractivity contribution is -0.131. The van der Waals surface area contributed by atoms with Gasteiger partial charge in [-0.3, -0.25) is 20.4 Å². The highest BCUT2D eigenvalue weighted by Crippen LogP contribution is 2.30. The zero-order valence-corrected chi connectivity index (χ0v) is 12.5. The van der Waals surface area contributed by atoms with Crippen LogP contribution in [-0.2, 0) is 4.79 Å². The van der Waals surface area contributed by atoms with E-state index in [1.807, 2.05) is 6.07 Å². The highest BCUT2D eigenvalue weighted by atomic mass is 16.6. The first-order chi connectivity index (χ1) is 11.7. The van der Waals surface area contributed by atoms with Gasteiger partial charge < -0.3 is 9.47 Å². The van der Waals surface area contributed by atoms with Crippen molar-refractivity contribution in [3.8, 4) is 17.6 Å². The van der Waals surface area contributed by atoms with Crippen LogP contribution >= 0.6 is 0 Å². The lowest BCUT2D eigenvalue weighted by Gasteiger charge is -2.25. The van der Waals surface area contributed by atoms with Gasteiger partial charge in [0.25, 0.3) is 11.8 Å². The quantitative estimate of drug-likeness (QED) is 0.808. The minimum Gasteiger partial charge on any atom is -0.485 e. The summed E-state index contributed by atoms with van der Waals surface area (Å²) in [5, 5.41) is 8.83. The van der Waals surface area contributed by atoms with Crippen LogP contribution in [0.2, 0.25) is 0 Å². The Morgan fingerprint density at radius 2 is 1.88 bits per heavy atom. The fourth-order valence-corrected chi connectivity index (χ4v) is 2.15. The van der Waals surface area contributed by atoms with Crippen molar-refractivity contribution >= 4 is 11.8 Å². The lowest BCUT2D eigenvalue weighted by Crippen LogP contribution is -2.50. The molecule has 1 unspecified atom stereocenters. The molecule has 1 aliphatic rings. The molecule has 3 rings (SSSR count). The van der Waals surface area contributed by atoms with Crippen molar-refractivity contribution in [1.82, 2.24) is 10.9 Å². The van der Waals surface area contributed by atoms with Gasteiger partial charge in [-0.15, -0.1) is 0 Å². The van der Waals surface area contributed by atoms with E-state index in [2.05, 4.69) is 10.9 Å². The highest BCUT2D eigenvalue weighted by Gasteiger charge is 2.27. The number of nitrogens with zero attached hydrogens (tertiary/aromatic N) is 1. The van der Waals surface area contributed by atoms with Crippen molar-refractivity contribution in [2.75, 3.05) is 6.61 Å². The maximum atomic E-state index is 12.1. The van der Waals surface area contributed by atoms with Gasteiger partial charge in [0.1, 0.15) is 6.61 Å². The third kappa shape index (κ3) is 3.28. The Morgan fingerprint density at radius 3 is 2.67 bits per heavy atom. The molecule has 0 fully saturated rings. The predicted molar refractivity (Wildman–Crippen MR) is 83.1 cm³/mol. The smallest absolute Gasteiger partial charge is 0.283 e. The Labute approximate surface area is 137 Å². The van der Waals surface area contributed by atoms with Crippen molar-refractivity contribution in [2.45, 2.75) is 6.10 Å². The number of amides is 2. The van der Waals surface area contributed by atoms with Gasteiger partial charge in [-0.05, 0) is 30.3 Å². The molecule has 0 aliphatic carbocycles. The number of hydrazine groups is 1. The minimum atomic E-state index is -0.870. The molecule has 0 radical (unpaired) electrons. The normalized spacial score (nSPS) is 15.0. The molecule has 120 valence electrons. The zero-order chi connectivity index (χ0) is 16.9. The third-order valence-corrected chi connectivity index (χ3v) is 3.35. The molecule has 7 heteroatoms. The molecule has 0 aromatic heterocycles. The van der Waals surface area contributed by atoms with E-state index in [1.165, 1.54) is 6.07 Å². The van der Waals surface area contributed by atoms with Gasteiger partial charge in [0.2, 0.25) is 6.10 Å². The molecule has 0 bridgehead atoms. The third-order valence-electron chi connectivity index (χ3n) is 3.35. The Kier molecular flexibility index (Phi) is 4.29. The van der Waals surface area contributed by atoms with Gasteiger partial charge in [0.05, 0.1) is 11.6 Å². The molecule has 0 spiro atoms. The summed E-state index contributed by atoms with van der Waals surface area (Å²) in [7, 11) is 0. The van der Waals surface area contributed by atoms with Crippen molar-refractivity contribution in [3.05, 3.63) is 59.7 Å². The SMILES string of the molecule is N#Cc1cccc(C(=O)NNC(=O)C2COc3ccccc3O2)c1. The summed E-state index contributed by atoms with van der Waals surface area (Å²) in [6, 6.07) is 15.1. The number of hydrogen-bond acceptors (Lipinski definition) is 5. The number of nitrogens with one attached hydrogen (secondary N) is 2. The Balaban J connectivity index is 1.58. The van der Waals surface area contributed by atoms with Crippen molar-refractivity contribution in [3.63, 3.8) is 0 Å². The Morgan fingerprint density at radius 1 is 1.08 bits per heavy atom. The van der Waals surface area contributed by atoms with Crippen LogP contribution < -0.4 is 20.3 Å². The molecule has 1 aliphatic heterocycles. The molecule has 0 saturated heterocycles. The molecular weight excluding hydrogens is 310 g/mol. The standard InChI is InChI=1S/C17H13N3O4/c18-9-11-4-3-5-12(8-11)16(21)19-20-17(22)15-10-23-13-6-1-2-7-14(13)24-15/h1-8,15H,10H2,(H,19,21)(H,20,22). The molecular formula is C17H13N3O4. The number of carbonyl (C=O) groups is 2. The summed E-state index contributed by atoms with van der Waals surface area (Å²) in [5.41, 5.74) is 5.20. The van der Waals surface area contributed by atoms with Crippen molar-refractivity contribution in [1.29, 1.82) is 5.26 Å². The second-order valence-electron chi connectivity index (χ2n) is 5.00. The van der Waals surface area contributed by atoms with E-state index in [9.17, 15) is 9.59 Å². The average molecular weight is 323 g/mol. The van der Waals surface area contributed by atoms with E-state index in [-0.39, 0.29) is 12.2 Å². The number of para-hydroxylation sites is 2. The first-order valence-electron chi connectivity index (χ1n) is 7.16. The largest absolute Gasteiger partial charge is 0.485 e. The van der Waals surface area contributed by atoms with E-state index in [1.54, 1.807) is 42.5 Å². The van der Waals surface area contributed by atoms with E-state index in [0.717, 1.165) is 0 Å². The molecule has 0 saturated carbocycles. The minimum absolute atomic E-state index is 0.0443. The second-order valence-corrected chi connectivity index (χ2v) is 5.00. The molecule has 2 amide bonds. The number of benzene rings is 2. The van der Waals surface area contributed by atoms with E-state index >= 15 is 0 Å². The molecule has 1 atom stereocenters. The lowest BCUT2D eigenvalue weighted by atomic mass is 10.1. The van der Waals surface area contributed by atoms with Gasteiger partial charge in [-0.1, -0.05) is 18.2 Å². The van der Waals surface area contributed by atoms with Gasteiger partial charge in [0, 0.05) is 5.56 Å². The summed E-state index contributed by atoms with van der Waals surface area (Å²) in [6.45, 7) is 0.0443. The summed E-state index contributed by atoms with van der Waals surface area (Å²) in [4.78, 5) is 24.1. The fourth-order valence-electron chi connectivity index (χ4n) is 2.15. The summed E-state index contributed by atoms with van der Waals surface area (Å²) in [5.74, 6) is -0.0253. The number of hydrogen-bond donors (Lipinski definition) is 2. The van der Waals surface area contributed by atoms with Crippen LogP contribution in [0.1, 0.15) is 15.9 Å². The van der Waals surface area contributed by atoms with Crippen LogP contribution in [0, 0.1) is 11.3 Å². The van der Waals surface area contributed by atoms with Crippen LogP contribution in [-0.4, -0.2) is 24.5 Å². The van der Waals surface area contributed by atoms with Gasteiger partial charge in [0.15, 0.2) is 11.5 Å². The first kappa shape index (κ1) is 15.4. The van der Waals surface area contributed by atoms with E-state index in [4.69, 9.17) is 14.7 Å². The number of fused-ring (bicyclic) bond motifs is 1. The molecule has 2 N–H and O–H groups in total. The summed E-state index contributed by atoms with van der Waals surface area (Å²) < 4.78 is 11.0. The average Bonchev–Trinajstić information content (AvgIpc) is 2.65. The summed E-state index contributed by atoms with van der Waals surface area (Å²) in [6.07, 6.45) is -0.870. The predicted octanol–water partition coefficient (Wildman–Crippen LogP) is 1.16. The first-order valence-corrected chi connectivity index (χ1v) is 7.16. The monoisotopic (exact) mass is 323 g/mol. The van der Waals surface area contributed by atoms with Gasteiger partial charge >= 0.3 is 0 Å². The maximum absolute atomic E-state index is 12.1. The topological polar surface area (TPSA) is 100 Å². The molecule has 24 heavy (non-hydrogen) atoms. The van der Waals surface area contributed by atoms with Crippen LogP contribution in [0.25, 0.3) is 0 Å². The van der Waals surface area contributed by atoms with E-state index < -0.39 is 17.9 Å². The van der Waals surface area contributed by atoms with Gasteiger partial charge in [-0.25, -0.2) is 0 Å². The molecule has 2 aromatic rings. The Hall–Kier alpha value is -3.53. The second kappa shape index (κ2) is 6.71. The molecule has 7 nitrogen and oxygen atoms in total. The Bertz CT molecular complexity index is 829. The van der Waals surface area contributed by atoms with Crippen LogP contribution in [0.3, 0.4) is 0 Å². The maximum Gasteiger partial charge on any atom is 0.283 e. The van der Waals surface area contributed by atoms with Crippen LogP contribution in [0.4, 0.5) is 0 Å². The number of ether oxygens (including phenoxy) is 2. The van der Waals surface area contributed by atoms with Crippen molar-refractivity contribution in [2.24, 2.45) is 0 Å². The zero-order valence-electron chi connectivity index (χ0n) is 12.5. The van der Waals surface area contributed by atoms with Gasteiger partial charge in [-0.2, -0.15) is 5.26 Å². The van der Waals surface area contributed by atoms with Crippen molar-refractivity contribution < 1.29 is 19.1 Å². The number of nitriles is 1.